The van der Waals surface area contributed by atoms with Gasteiger partial charge >= 0.3 is 0 Å². The molecule has 0 bridgehead atoms. The van der Waals surface area contributed by atoms with E-state index in [-0.39, 0.29) is 24.4 Å². The summed E-state index contributed by atoms with van der Waals surface area (Å²) in [5, 5.41) is 2.89. The van der Waals surface area contributed by atoms with Gasteiger partial charge in [-0.15, -0.1) is 12.4 Å². The minimum atomic E-state index is 0. The van der Waals surface area contributed by atoms with E-state index in [0.717, 1.165) is 23.3 Å². The monoisotopic (exact) mass is 362 g/mol. The third-order valence-electron chi connectivity index (χ3n) is 3.84. The lowest BCUT2D eigenvalue weighted by Gasteiger charge is -2.10. The Kier molecular flexibility index (Phi) is 9.03. The second-order valence-electron chi connectivity index (χ2n) is 6.16. The third kappa shape index (κ3) is 7.59. The lowest BCUT2D eigenvalue weighted by atomic mass is 10.1. The minimum absolute atomic E-state index is 0. The van der Waals surface area contributed by atoms with Crippen LogP contribution in [0.1, 0.15) is 30.0 Å². The normalized spacial score (nSPS) is 11.3. The van der Waals surface area contributed by atoms with E-state index >= 15 is 0 Å². The molecule has 0 spiro atoms. The molecule has 2 aromatic carbocycles. The second kappa shape index (κ2) is 10.7. The van der Waals surface area contributed by atoms with Crippen molar-refractivity contribution in [3.8, 4) is 5.75 Å². The van der Waals surface area contributed by atoms with Crippen molar-refractivity contribution in [1.29, 1.82) is 0 Å². The lowest BCUT2D eigenvalue weighted by molar-refractivity contribution is -0.120. The second-order valence-corrected chi connectivity index (χ2v) is 6.16. The number of hydrogen-bond acceptors (Lipinski definition) is 3. The first kappa shape index (κ1) is 21.0. The van der Waals surface area contributed by atoms with Gasteiger partial charge < -0.3 is 15.8 Å². The summed E-state index contributed by atoms with van der Waals surface area (Å²) in [4.78, 5) is 11.9. The van der Waals surface area contributed by atoms with Gasteiger partial charge in [0.25, 0.3) is 0 Å². The zero-order valence-corrected chi connectivity index (χ0v) is 15.6. The summed E-state index contributed by atoms with van der Waals surface area (Å²) < 4.78 is 5.86. The van der Waals surface area contributed by atoms with Crippen molar-refractivity contribution in [3.63, 3.8) is 0 Å². The molecule has 0 saturated carbocycles. The highest BCUT2D eigenvalue weighted by Crippen LogP contribution is 2.17. The standard InChI is InChI=1S/C20H26N2O2.ClH/c1-15-6-3-4-8-18(15)14-24-19-9-5-7-17(12-19)13-20(23)22-11-10-16(2)21;/h3-9,12,16H,10-11,13-14,21H2,1-2H3,(H,22,23);1H. The van der Waals surface area contributed by atoms with Crippen molar-refractivity contribution < 1.29 is 9.53 Å². The number of aryl methyl sites for hydroxylation is 1. The van der Waals surface area contributed by atoms with Crippen LogP contribution in [-0.2, 0) is 17.8 Å². The van der Waals surface area contributed by atoms with E-state index in [4.69, 9.17) is 10.5 Å². The maximum atomic E-state index is 11.9. The van der Waals surface area contributed by atoms with Crippen molar-refractivity contribution in [3.05, 3.63) is 65.2 Å². The fourth-order valence-corrected chi connectivity index (χ4v) is 2.37. The summed E-state index contributed by atoms with van der Waals surface area (Å²) in [6, 6.07) is 15.9. The molecular weight excluding hydrogens is 336 g/mol. The molecule has 0 radical (unpaired) electrons. The molecular formula is C20H27ClN2O2. The molecule has 0 fully saturated rings. The van der Waals surface area contributed by atoms with Crippen molar-refractivity contribution in [2.75, 3.05) is 6.54 Å². The van der Waals surface area contributed by atoms with Crippen LogP contribution >= 0.6 is 12.4 Å². The first-order valence-electron chi connectivity index (χ1n) is 8.33. The fourth-order valence-electron chi connectivity index (χ4n) is 2.37. The number of amides is 1. The quantitative estimate of drug-likeness (QED) is 0.756. The zero-order valence-electron chi connectivity index (χ0n) is 14.8. The average Bonchev–Trinajstić information content (AvgIpc) is 2.54. The zero-order chi connectivity index (χ0) is 17.4. The Bertz CT molecular complexity index is 674. The van der Waals surface area contributed by atoms with E-state index < -0.39 is 0 Å². The van der Waals surface area contributed by atoms with E-state index in [9.17, 15) is 4.79 Å². The number of carbonyl (C=O) groups excluding carboxylic acids is 1. The van der Waals surface area contributed by atoms with Gasteiger partial charge in [0.2, 0.25) is 5.91 Å². The summed E-state index contributed by atoms with van der Waals surface area (Å²) in [5.74, 6) is 0.783. The van der Waals surface area contributed by atoms with E-state index in [1.165, 1.54) is 5.56 Å². The molecule has 1 atom stereocenters. The Morgan fingerprint density at radius 1 is 1.20 bits per heavy atom. The molecule has 2 rings (SSSR count). The number of carbonyl (C=O) groups is 1. The Balaban J connectivity index is 0.00000312. The van der Waals surface area contributed by atoms with Crippen molar-refractivity contribution in [1.82, 2.24) is 5.32 Å². The Morgan fingerprint density at radius 2 is 1.96 bits per heavy atom. The van der Waals surface area contributed by atoms with Crippen molar-refractivity contribution in [2.45, 2.75) is 39.3 Å². The molecule has 4 nitrogen and oxygen atoms in total. The molecule has 0 aromatic heterocycles. The summed E-state index contributed by atoms with van der Waals surface area (Å²) in [6.45, 7) is 5.14. The van der Waals surface area contributed by atoms with E-state index in [0.29, 0.717) is 19.6 Å². The smallest absolute Gasteiger partial charge is 0.224 e. The van der Waals surface area contributed by atoms with Crippen LogP contribution in [0.4, 0.5) is 0 Å². The number of benzene rings is 2. The predicted molar refractivity (Wildman–Crippen MR) is 104 cm³/mol. The molecule has 25 heavy (non-hydrogen) atoms. The van der Waals surface area contributed by atoms with Crippen LogP contribution in [0.5, 0.6) is 5.75 Å². The highest BCUT2D eigenvalue weighted by molar-refractivity contribution is 5.85. The van der Waals surface area contributed by atoms with Crippen LogP contribution in [0.25, 0.3) is 0 Å². The maximum absolute atomic E-state index is 11.9. The van der Waals surface area contributed by atoms with E-state index in [1.807, 2.05) is 43.3 Å². The van der Waals surface area contributed by atoms with Gasteiger partial charge in [-0.1, -0.05) is 36.4 Å². The van der Waals surface area contributed by atoms with Gasteiger partial charge in [-0.05, 0) is 49.1 Å². The van der Waals surface area contributed by atoms with Gasteiger partial charge in [-0.2, -0.15) is 0 Å². The van der Waals surface area contributed by atoms with Gasteiger partial charge in [0.05, 0.1) is 6.42 Å². The lowest BCUT2D eigenvalue weighted by Crippen LogP contribution is -2.29. The Hall–Kier alpha value is -2.04. The molecule has 0 aliphatic heterocycles. The largest absolute Gasteiger partial charge is 0.489 e. The van der Waals surface area contributed by atoms with Crippen LogP contribution < -0.4 is 15.8 Å². The first-order chi connectivity index (χ1) is 11.5. The number of nitrogens with two attached hydrogens (primary N) is 1. The molecule has 1 unspecified atom stereocenters. The predicted octanol–water partition coefficient (Wildman–Crippen LogP) is 3.39. The summed E-state index contributed by atoms with van der Waals surface area (Å²) in [6.07, 6.45) is 1.13. The average molecular weight is 363 g/mol. The number of ether oxygens (including phenoxy) is 1. The van der Waals surface area contributed by atoms with Gasteiger partial charge in [0.1, 0.15) is 12.4 Å². The molecule has 136 valence electrons. The molecule has 0 aliphatic carbocycles. The van der Waals surface area contributed by atoms with Gasteiger partial charge in [0, 0.05) is 12.6 Å². The van der Waals surface area contributed by atoms with Crippen LogP contribution in [-0.4, -0.2) is 18.5 Å². The summed E-state index contributed by atoms with van der Waals surface area (Å²) >= 11 is 0. The number of nitrogens with one attached hydrogen (secondary N) is 1. The fraction of sp³-hybridized carbons (Fsp3) is 0.350. The highest BCUT2D eigenvalue weighted by Gasteiger charge is 2.05. The maximum Gasteiger partial charge on any atom is 0.224 e. The number of rotatable bonds is 8. The molecule has 3 N–H and O–H groups in total. The van der Waals surface area contributed by atoms with Crippen molar-refractivity contribution in [2.24, 2.45) is 5.73 Å². The van der Waals surface area contributed by atoms with Crippen LogP contribution in [0.15, 0.2) is 48.5 Å². The molecule has 5 heteroatoms. The highest BCUT2D eigenvalue weighted by atomic mass is 35.5. The third-order valence-corrected chi connectivity index (χ3v) is 3.84. The van der Waals surface area contributed by atoms with Crippen LogP contribution in [0.3, 0.4) is 0 Å². The minimum Gasteiger partial charge on any atom is -0.489 e. The molecule has 1 amide bonds. The van der Waals surface area contributed by atoms with E-state index in [2.05, 4.69) is 24.4 Å². The van der Waals surface area contributed by atoms with Crippen LogP contribution in [0, 0.1) is 6.92 Å². The van der Waals surface area contributed by atoms with Gasteiger partial charge in [-0.3, -0.25) is 4.79 Å². The van der Waals surface area contributed by atoms with Gasteiger partial charge in [0.15, 0.2) is 0 Å². The van der Waals surface area contributed by atoms with Crippen LogP contribution in [0.2, 0.25) is 0 Å². The summed E-state index contributed by atoms with van der Waals surface area (Å²) in [7, 11) is 0. The Morgan fingerprint density at radius 3 is 2.68 bits per heavy atom. The summed E-state index contributed by atoms with van der Waals surface area (Å²) in [5.41, 5.74) is 8.99. The molecule has 0 aliphatic rings. The number of halogens is 1. The van der Waals surface area contributed by atoms with Gasteiger partial charge in [-0.25, -0.2) is 0 Å². The first-order valence-corrected chi connectivity index (χ1v) is 8.33. The van der Waals surface area contributed by atoms with Crippen molar-refractivity contribution >= 4 is 18.3 Å². The number of hydrogen-bond donors (Lipinski definition) is 2. The van der Waals surface area contributed by atoms with E-state index in [1.54, 1.807) is 0 Å². The molecule has 0 saturated heterocycles. The molecule has 0 heterocycles. The SMILES string of the molecule is Cc1ccccc1COc1cccc(CC(=O)NCCC(C)N)c1.Cl. The molecule has 2 aromatic rings. The Labute approximate surface area is 156 Å². The topological polar surface area (TPSA) is 64.3 Å².